The van der Waals surface area contributed by atoms with Crippen molar-refractivity contribution in [2.45, 2.75) is 0 Å². The normalized spacial score (nSPS) is 10.6. The third kappa shape index (κ3) is 2.55. The first-order chi connectivity index (χ1) is 9.24. The lowest BCUT2D eigenvalue weighted by Crippen LogP contribution is -1.97. The van der Waals surface area contributed by atoms with Crippen LogP contribution in [-0.2, 0) is 0 Å². The molecule has 1 aromatic heterocycles. The van der Waals surface area contributed by atoms with Crippen molar-refractivity contribution >= 4 is 49.8 Å². The molecule has 0 spiro atoms. The highest BCUT2D eigenvalue weighted by Crippen LogP contribution is 2.29. The van der Waals surface area contributed by atoms with Crippen LogP contribution in [-0.4, -0.2) is 9.97 Å². The van der Waals surface area contributed by atoms with Gasteiger partial charge in [-0.25, -0.2) is 4.98 Å². The number of anilines is 2. The van der Waals surface area contributed by atoms with Gasteiger partial charge in [0.15, 0.2) is 0 Å². The van der Waals surface area contributed by atoms with Crippen molar-refractivity contribution < 1.29 is 0 Å². The van der Waals surface area contributed by atoms with Gasteiger partial charge in [-0.2, -0.15) is 4.98 Å². The molecule has 0 aliphatic rings. The number of hydrogen-bond donors (Lipinski definition) is 1. The Morgan fingerprint density at radius 2 is 1.84 bits per heavy atom. The minimum atomic E-state index is 0.214. The minimum absolute atomic E-state index is 0.214. The van der Waals surface area contributed by atoms with E-state index in [1.807, 2.05) is 24.3 Å². The van der Waals surface area contributed by atoms with E-state index in [-0.39, 0.29) is 5.28 Å². The van der Waals surface area contributed by atoms with E-state index in [0.717, 1.165) is 15.5 Å². The van der Waals surface area contributed by atoms with Crippen LogP contribution in [0.2, 0.25) is 5.28 Å². The quantitative estimate of drug-likeness (QED) is 0.685. The first kappa shape index (κ1) is 12.4. The maximum Gasteiger partial charge on any atom is 0.224 e. The van der Waals surface area contributed by atoms with Crippen molar-refractivity contribution in [3.8, 4) is 0 Å². The fourth-order valence-electron chi connectivity index (χ4n) is 1.90. The van der Waals surface area contributed by atoms with E-state index in [4.69, 9.17) is 11.6 Å². The molecule has 0 saturated heterocycles. The largest absolute Gasteiger partial charge is 0.339 e. The summed E-state index contributed by atoms with van der Waals surface area (Å²) in [7, 11) is 0. The summed E-state index contributed by atoms with van der Waals surface area (Å²) in [5, 5.41) is 5.79. The van der Waals surface area contributed by atoms with Gasteiger partial charge in [0, 0.05) is 17.3 Å². The van der Waals surface area contributed by atoms with Gasteiger partial charge in [0.1, 0.15) is 5.82 Å². The number of rotatable bonds is 2. The Bertz CT molecular complexity index is 740. The zero-order valence-corrected chi connectivity index (χ0v) is 12.1. The second-order valence-electron chi connectivity index (χ2n) is 3.99. The molecule has 3 aromatic rings. The Balaban J connectivity index is 2.08. The third-order valence-electron chi connectivity index (χ3n) is 2.76. The molecule has 0 unspecified atom stereocenters. The Morgan fingerprint density at radius 3 is 2.74 bits per heavy atom. The average molecular weight is 335 g/mol. The summed E-state index contributed by atoms with van der Waals surface area (Å²) in [6, 6.07) is 14.2. The van der Waals surface area contributed by atoms with E-state index < -0.39 is 0 Å². The number of benzene rings is 2. The van der Waals surface area contributed by atoms with Crippen molar-refractivity contribution in [2.75, 3.05) is 5.32 Å². The van der Waals surface area contributed by atoms with Crippen molar-refractivity contribution in [2.24, 2.45) is 0 Å². The van der Waals surface area contributed by atoms with Crippen LogP contribution in [0, 0.1) is 0 Å². The SMILES string of the molecule is Clc1ncc(Br)c(Nc2cccc3ccccc23)n1. The fourth-order valence-corrected chi connectivity index (χ4v) is 2.32. The fraction of sp³-hybridized carbons (Fsp3) is 0. The Hall–Kier alpha value is -1.65. The molecule has 2 aromatic carbocycles. The summed E-state index contributed by atoms with van der Waals surface area (Å²) in [5.41, 5.74) is 0.980. The molecule has 3 rings (SSSR count). The van der Waals surface area contributed by atoms with Gasteiger partial charge in [0.25, 0.3) is 0 Å². The maximum atomic E-state index is 5.82. The molecule has 0 aliphatic carbocycles. The van der Waals surface area contributed by atoms with Gasteiger partial charge < -0.3 is 5.32 Å². The molecule has 0 aliphatic heterocycles. The zero-order valence-electron chi connectivity index (χ0n) is 9.77. The number of fused-ring (bicyclic) bond motifs is 1. The molecule has 0 bridgehead atoms. The standard InChI is InChI=1S/C14H9BrClN3/c15-11-8-17-14(16)19-13(11)18-12-7-3-5-9-4-1-2-6-10(9)12/h1-8H,(H,17,18,19). The highest BCUT2D eigenvalue weighted by molar-refractivity contribution is 9.10. The van der Waals surface area contributed by atoms with Crippen LogP contribution < -0.4 is 5.32 Å². The molecular weight excluding hydrogens is 326 g/mol. The van der Waals surface area contributed by atoms with E-state index in [1.54, 1.807) is 6.20 Å². The number of aromatic nitrogens is 2. The molecule has 0 atom stereocenters. The lowest BCUT2D eigenvalue weighted by molar-refractivity contribution is 1.15. The summed E-state index contributed by atoms with van der Waals surface area (Å²) in [5.74, 6) is 0.649. The molecule has 1 heterocycles. The van der Waals surface area contributed by atoms with Crippen LogP contribution in [0.5, 0.6) is 0 Å². The number of nitrogens with one attached hydrogen (secondary N) is 1. The van der Waals surface area contributed by atoms with Crippen LogP contribution in [0.15, 0.2) is 53.1 Å². The monoisotopic (exact) mass is 333 g/mol. The van der Waals surface area contributed by atoms with Crippen molar-refractivity contribution in [3.63, 3.8) is 0 Å². The van der Waals surface area contributed by atoms with Gasteiger partial charge in [-0.3, -0.25) is 0 Å². The molecule has 0 radical (unpaired) electrons. The van der Waals surface area contributed by atoms with Crippen LogP contribution in [0.3, 0.4) is 0 Å². The van der Waals surface area contributed by atoms with Crippen molar-refractivity contribution in [1.82, 2.24) is 9.97 Å². The number of nitrogens with zero attached hydrogens (tertiary/aromatic N) is 2. The van der Waals surface area contributed by atoms with Gasteiger partial charge in [-0.1, -0.05) is 36.4 Å². The van der Waals surface area contributed by atoms with Gasteiger partial charge >= 0.3 is 0 Å². The lowest BCUT2D eigenvalue weighted by atomic mass is 10.1. The Labute approximate surface area is 123 Å². The maximum absolute atomic E-state index is 5.82. The molecule has 0 amide bonds. The molecule has 0 fully saturated rings. The van der Waals surface area contributed by atoms with Crippen LogP contribution in [0.25, 0.3) is 10.8 Å². The molecule has 1 N–H and O–H groups in total. The number of hydrogen-bond acceptors (Lipinski definition) is 3. The Morgan fingerprint density at radius 1 is 1.05 bits per heavy atom. The zero-order chi connectivity index (χ0) is 13.2. The van der Waals surface area contributed by atoms with Crippen LogP contribution >= 0.6 is 27.5 Å². The van der Waals surface area contributed by atoms with Crippen molar-refractivity contribution in [3.05, 3.63) is 58.4 Å². The lowest BCUT2D eigenvalue weighted by Gasteiger charge is -2.10. The van der Waals surface area contributed by atoms with E-state index in [0.29, 0.717) is 5.82 Å². The van der Waals surface area contributed by atoms with E-state index >= 15 is 0 Å². The number of halogens is 2. The van der Waals surface area contributed by atoms with Gasteiger partial charge in [-0.15, -0.1) is 0 Å². The highest BCUT2D eigenvalue weighted by atomic mass is 79.9. The summed E-state index contributed by atoms with van der Waals surface area (Å²) in [6.07, 6.45) is 1.63. The second kappa shape index (κ2) is 5.15. The summed E-state index contributed by atoms with van der Waals surface area (Å²) < 4.78 is 0.768. The van der Waals surface area contributed by atoms with Gasteiger partial charge in [0.2, 0.25) is 5.28 Å². The summed E-state index contributed by atoms with van der Waals surface area (Å²) in [4.78, 5) is 8.08. The van der Waals surface area contributed by atoms with E-state index in [9.17, 15) is 0 Å². The molecule has 19 heavy (non-hydrogen) atoms. The molecule has 3 nitrogen and oxygen atoms in total. The van der Waals surface area contributed by atoms with E-state index in [1.165, 1.54) is 5.39 Å². The first-order valence-electron chi connectivity index (χ1n) is 5.67. The molecular formula is C14H9BrClN3. The summed E-state index contributed by atoms with van der Waals surface area (Å²) >= 11 is 9.22. The average Bonchev–Trinajstić information content (AvgIpc) is 2.43. The van der Waals surface area contributed by atoms with Crippen molar-refractivity contribution in [1.29, 1.82) is 0 Å². The molecule has 94 valence electrons. The van der Waals surface area contributed by atoms with Crippen LogP contribution in [0.4, 0.5) is 11.5 Å². The minimum Gasteiger partial charge on any atom is -0.339 e. The summed E-state index contributed by atoms with van der Waals surface area (Å²) in [6.45, 7) is 0. The van der Waals surface area contributed by atoms with E-state index in [2.05, 4.69) is 49.4 Å². The molecule has 5 heteroatoms. The predicted octanol–water partition coefficient (Wildman–Crippen LogP) is 4.79. The smallest absolute Gasteiger partial charge is 0.224 e. The van der Waals surface area contributed by atoms with Crippen LogP contribution in [0.1, 0.15) is 0 Å². The second-order valence-corrected chi connectivity index (χ2v) is 5.18. The van der Waals surface area contributed by atoms with Gasteiger partial charge in [0.05, 0.1) is 4.47 Å². The predicted molar refractivity (Wildman–Crippen MR) is 82.0 cm³/mol. The Kier molecular flexibility index (Phi) is 3.36. The first-order valence-corrected chi connectivity index (χ1v) is 6.84. The third-order valence-corrected chi connectivity index (χ3v) is 3.52. The van der Waals surface area contributed by atoms with Gasteiger partial charge in [-0.05, 0) is 39.0 Å². The highest BCUT2D eigenvalue weighted by Gasteiger charge is 2.06. The molecule has 0 saturated carbocycles. The topological polar surface area (TPSA) is 37.8 Å².